The Hall–Kier alpha value is -1.32. The van der Waals surface area contributed by atoms with E-state index in [1.165, 1.54) is 0 Å². The highest BCUT2D eigenvalue weighted by molar-refractivity contribution is 7.15. The first-order chi connectivity index (χ1) is 14.9. The molecule has 8 heteroatoms. The average molecular weight is 461 g/mol. The summed E-state index contributed by atoms with van der Waals surface area (Å²) in [5, 5.41) is 39.4. The fourth-order valence-corrected chi connectivity index (χ4v) is 9.84. The number of nitrogens with one attached hydrogen (secondary N) is 1. The lowest BCUT2D eigenvalue weighted by molar-refractivity contribution is -0.429. The zero-order valence-corrected chi connectivity index (χ0v) is 19.8. The van der Waals surface area contributed by atoms with Gasteiger partial charge < -0.3 is 25.4 Å². The van der Waals surface area contributed by atoms with Crippen LogP contribution in [0, 0.1) is 28.6 Å². The minimum atomic E-state index is -2.14. The van der Waals surface area contributed by atoms with Crippen molar-refractivity contribution >= 4 is 22.3 Å². The first-order valence-electron chi connectivity index (χ1n) is 11.7. The number of ether oxygens (including phenoxy) is 1. The van der Waals surface area contributed by atoms with E-state index < -0.39 is 34.7 Å². The zero-order chi connectivity index (χ0) is 23.0. The predicted molar refractivity (Wildman–Crippen MR) is 119 cm³/mol. The maximum Gasteiger partial charge on any atom is 0.208 e. The largest absolute Gasteiger partial charge is 0.391 e. The quantitative estimate of drug-likeness (QED) is 0.500. The zero-order valence-electron chi connectivity index (χ0n) is 19.0. The number of carbonyl (C=O) groups excluding carboxylic acids is 1. The van der Waals surface area contributed by atoms with Crippen molar-refractivity contribution in [2.24, 2.45) is 28.6 Å². The van der Waals surface area contributed by atoms with Gasteiger partial charge in [-0.15, -0.1) is 11.3 Å². The number of thiazole rings is 1. The summed E-state index contributed by atoms with van der Waals surface area (Å²) in [5.41, 5.74) is -1.51. The van der Waals surface area contributed by atoms with Crippen LogP contribution in [0.1, 0.15) is 51.1 Å². The number of Topliss-reactive ketones (excluding diaryl/α,β-unsaturated/α-hetero) is 1. The van der Waals surface area contributed by atoms with E-state index in [4.69, 9.17) is 9.72 Å². The summed E-state index contributed by atoms with van der Waals surface area (Å²) in [5.74, 6) is -3.62. The van der Waals surface area contributed by atoms with E-state index in [9.17, 15) is 20.1 Å². The molecule has 5 fully saturated rings. The van der Waals surface area contributed by atoms with Crippen LogP contribution in [0.5, 0.6) is 0 Å². The molecule has 7 nitrogen and oxygen atoms in total. The van der Waals surface area contributed by atoms with Crippen molar-refractivity contribution in [3.8, 4) is 0 Å². The minimum Gasteiger partial charge on any atom is -0.391 e. The molecule has 4 bridgehead atoms. The second-order valence-corrected chi connectivity index (χ2v) is 12.7. The van der Waals surface area contributed by atoms with Crippen LogP contribution in [0.15, 0.2) is 12.2 Å². The molecule has 4 N–H and O–H groups in total. The van der Waals surface area contributed by atoms with Crippen LogP contribution in [0.2, 0.25) is 0 Å². The molecule has 0 amide bonds. The molecule has 2 saturated heterocycles. The van der Waals surface area contributed by atoms with Gasteiger partial charge in [0.2, 0.25) is 5.79 Å². The number of carbonyl (C=O) groups is 1. The van der Waals surface area contributed by atoms with Gasteiger partial charge in [0.25, 0.3) is 0 Å². The summed E-state index contributed by atoms with van der Waals surface area (Å²) in [4.78, 5) is 19.9. The Kier molecular flexibility index (Phi) is 3.99. The Labute approximate surface area is 191 Å². The van der Waals surface area contributed by atoms with Gasteiger partial charge in [-0.1, -0.05) is 20.4 Å². The Balaban J connectivity index is 1.65. The molecule has 32 heavy (non-hydrogen) atoms. The second kappa shape index (κ2) is 6.02. The van der Waals surface area contributed by atoms with Gasteiger partial charge in [-0.25, -0.2) is 4.98 Å². The van der Waals surface area contributed by atoms with E-state index in [-0.39, 0.29) is 35.7 Å². The van der Waals surface area contributed by atoms with Crippen LogP contribution in [-0.4, -0.2) is 56.7 Å². The fourth-order valence-electron chi connectivity index (χ4n) is 8.40. The highest BCUT2D eigenvalue weighted by Crippen LogP contribution is 2.75. The van der Waals surface area contributed by atoms with Gasteiger partial charge >= 0.3 is 0 Å². The number of aliphatic hydroxyl groups is 3. The molecule has 2 spiro atoms. The molecule has 4 aliphatic carbocycles. The molecule has 3 heterocycles. The standard InChI is InChI=1S/C24H32N2O5S/c1-10(2)25-20-26-16-13(32-20)8-21(4,5)15-19(29)24(30)23-14(22(15,16)9-31-24)7-6-12(18(23)28)11(3)17(23)27/h10,12,14-15,18-19,28-30H,3,6-9H2,1-2,4-5H3,(H,25,26)/t12-,14-,15+,18+,19-,22-,23-,24+/m0/s1. The summed E-state index contributed by atoms with van der Waals surface area (Å²) in [7, 11) is 0. The topological polar surface area (TPSA) is 112 Å². The maximum absolute atomic E-state index is 13.7. The van der Waals surface area contributed by atoms with Gasteiger partial charge in [-0.2, -0.15) is 0 Å². The van der Waals surface area contributed by atoms with Crippen molar-refractivity contribution in [3.05, 3.63) is 22.7 Å². The van der Waals surface area contributed by atoms with E-state index in [1.54, 1.807) is 11.3 Å². The number of anilines is 1. The molecule has 6 aliphatic rings. The molecule has 2 aliphatic heterocycles. The molecule has 0 aromatic carbocycles. The normalized spacial score (nSPS) is 47.9. The van der Waals surface area contributed by atoms with Gasteiger partial charge in [0.15, 0.2) is 10.9 Å². The van der Waals surface area contributed by atoms with Gasteiger partial charge in [-0.3, -0.25) is 4.79 Å². The summed E-state index contributed by atoms with van der Waals surface area (Å²) >= 11 is 1.62. The summed E-state index contributed by atoms with van der Waals surface area (Å²) in [6, 6.07) is 0.219. The van der Waals surface area contributed by atoms with Crippen molar-refractivity contribution in [2.45, 2.75) is 76.4 Å². The number of hydrogen-bond donors (Lipinski definition) is 4. The van der Waals surface area contributed by atoms with E-state index in [0.29, 0.717) is 18.4 Å². The van der Waals surface area contributed by atoms with Crippen LogP contribution in [-0.2, 0) is 21.4 Å². The number of aliphatic hydroxyl groups excluding tert-OH is 2. The maximum atomic E-state index is 13.7. The highest BCUT2D eigenvalue weighted by Gasteiger charge is 2.86. The minimum absolute atomic E-state index is 0.177. The first-order valence-corrected chi connectivity index (χ1v) is 12.5. The Morgan fingerprint density at radius 3 is 2.66 bits per heavy atom. The summed E-state index contributed by atoms with van der Waals surface area (Å²) < 4.78 is 6.08. The fraction of sp³-hybridized carbons (Fsp3) is 0.750. The summed E-state index contributed by atoms with van der Waals surface area (Å²) in [6.07, 6.45) is -0.427. The van der Waals surface area contributed by atoms with Gasteiger partial charge in [-0.05, 0) is 50.0 Å². The number of nitrogens with zero attached hydrogens (tertiary/aromatic N) is 1. The molecular weight excluding hydrogens is 428 g/mol. The number of aromatic nitrogens is 1. The smallest absolute Gasteiger partial charge is 0.208 e. The molecule has 0 radical (unpaired) electrons. The van der Waals surface area contributed by atoms with Gasteiger partial charge in [0, 0.05) is 28.2 Å². The molecular formula is C24H32N2O5S. The lowest BCUT2D eigenvalue weighted by Crippen LogP contribution is -2.85. The molecule has 7 rings (SSSR count). The van der Waals surface area contributed by atoms with Crippen molar-refractivity contribution in [2.75, 3.05) is 11.9 Å². The van der Waals surface area contributed by atoms with Crippen LogP contribution in [0.25, 0.3) is 0 Å². The lowest BCUT2D eigenvalue weighted by atomic mass is 9.36. The molecule has 174 valence electrons. The third kappa shape index (κ3) is 2.01. The van der Waals surface area contributed by atoms with Crippen molar-refractivity contribution < 1.29 is 24.9 Å². The van der Waals surface area contributed by atoms with Crippen molar-refractivity contribution in [1.82, 2.24) is 4.98 Å². The van der Waals surface area contributed by atoms with Crippen LogP contribution < -0.4 is 5.32 Å². The Morgan fingerprint density at radius 1 is 1.25 bits per heavy atom. The molecule has 3 saturated carbocycles. The molecule has 8 atom stereocenters. The van der Waals surface area contributed by atoms with E-state index in [2.05, 4.69) is 39.6 Å². The second-order valence-electron chi connectivity index (χ2n) is 11.6. The van der Waals surface area contributed by atoms with Crippen molar-refractivity contribution in [3.63, 3.8) is 0 Å². The lowest BCUT2D eigenvalue weighted by Gasteiger charge is -2.73. The van der Waals surface area contributed by atoms with Gasteiger partial charge in [0.05, 0.1) is 18.4 Å². The van der Waals surface area contributed by atoms with Crippen LogP contribution in [0.3, 0.4) is 0 Å². The highest BCUT2D eigenvalue weighted by atomic mass is 32.1. The number of rotatable bonds is 2. The number of fused-ring (bicyclic) bond motifs is 3. The number of ketones is 1. The molecule has 1 aromatic heterocycles. The Bertz CT molecular complexity index is 1050. The number of hydrogen-bond acceptors (Lipinski definition) is 8. The summed E-state index contributed by atoms with van der Waals surface area (Å²) in [6.45, 7) is 12.5. The van der Waals surface area contributed by atoms with Gasteiger partial charge in [0.1, 0.15) is 11.5 Å². The third-order valence-electron chi connectivity index (χ3n) is 9.30. The van der Waals surface area contributed by atoms with E-state index in [1.807, 2.05) is 0 Å². The molecule has 1 aromatic rings. The van der Waals surface area contributed by atoms with Crippen LogP contribution in [0.4, 0.5) is 5.13 Å². The SMILES string of the molecule is C=C1C(=O)[C@]23[C@H](O)[C@H]1CC[C@H]2[C@@]12CO[C@]3(O)[C@@H](O)[C@@H]1C(C)(C)Cc1sc(NC(C)C)nc12. The van der Waals surface area contributed by atoms with Crippen LogP contribution >= 0.6 is 11.3 Å². The molecule has 0 unspecified atom stereocenters. The predicted octanol–water partition coefficient (Wildman–Crippen LogP) is 2.01. The van der Waals surface area contributed by atoms with Crippen molar-refractivity contribution in [1.29, 1.82) is 0 Å². The average Bonchev–Trinajstić information content (AvgIpc) is 3.12. The monoisotopic (exact) mass is 460 g/mol. The first kappa shape index (κ1) is 21.2. The Morgan fingerprint density at radius 2 is 1.97 bits per heavy atom. The van der Waals surface area contributed by atoms with E-state index in [0.717, 1.165) is 22.1 Å². The van der Waals surface area contributed by atoms with E-state index >= 15 is 0 Å². The third-order valence-corrected chi connectivity index (χ3v) is 10.3.